The zero-order valence-electron chi connectivity index (χ0n) is 12.4. The zero-order valence-corrected chi connectivity index (χ0v) is 12.4. The second-order valence-corrected chi connectivity index (χ2v) is 6.15. The monoisotopic (exact) mass is 281 g/mol. The molecule has 0 aliphatic heterocycles. The third-order valence-corrected chi connectivity index (χ3v) is 4.76. The Bertz CT molecular complexity index is 1180. The van der Waals surface area contributed by atoms with Crippen LogP contribution in [0.2, 0.25) is 0 Å². The van der Waals surface area contributed by atoms with Crippen molar-refractivity contribution in [2.45, 2.75) is 6.92 Å². The summed E-state index contributed by atoms with van der Waals surface area (Å²) >= 11 is 0. The number of hydrogen-bond donors (Lipinski definition) is 1. The van der Waals surface area contributed by atoms with Gasteiger partial charge in [-0.15, -0.1) is 0 Å². The molecule has 5 rings (SSSR count). The van der Waals surface area contributed by atoms with Crippen LogP contribution in [0.15, 0.2) is 60.7 Å². The van der Waals surface area contributed by atoms with Crippen LogP contribution in [0.1, 0.15) is 5.56 Å². The molecule has 1 heteroatoms. The third-order valence-electron chi connectivity index (χ3n) is 4.76. The van der Waals surface area contributed by atoms with E-state index in [0.29, 0.717) is 0 Å². The Morgan fingerprint density at radius 2 is 1.41 bits per heavy atom. The number of fused-ring (bicyclic) bond motifs is 2. The van der Waals surface area contributed by atoms with Gasteiger partial charge in [0.15, 0.2) is 0 Å². The maximum atomic E-state index is 6.36. The molecule has 0 heterocycles. The molecule has 0 aromatic heterocycles. The highest BCUT2D eigenvalue weighted by Gasteiger charge is 2.14. The molecule has 0 bridgehead atoms. The molecule has 5 aromatic carbocycles. The number of rotatable bonds is 0. The fourth-order valence-corrected chi connectivity index (χ4v) is 3.91. The van der Waals surface area contributed by atoms with Gasteiger partial charge in [0, 0.05) is 11.1 Å². The molecular weight excluding hydrogens is 266 g/mol. The number of hydrogen-bond acceptors (Lipinski definition) is 1. The summed E-state index contributed by atoms with van der Waals surface area (Å²) in [7, 11) is 0. The Labute approximate surface area is 128 Å². The van der Waals surface area contributed by atoms with Gasteiger partial charge in [0.2, 0.25) is 0 Å². The minimum atomic E-state index is 0.860. The van der Waals surface area contributed by atoms with Crippen LogP contribution < -0.4 is 5.73 Å². The second kappa shape index (κ2) is 3.89. The first-order chi connectivity index (χ1) is 10.7. The lowest BCUT2D eigenvalue weighted by atomic mass is 9.88. The number of benzene rings is 5. The average molecular weight is 281 g/mol. The first kappa shape index (κ1) is 11.8. The van der Waals surface area contributed by atoms with Crippen LogP contribution in [0, 0.1) is 6.92 Å². The molecule has 0 aliphatic carbocycles. The topological polar surface area (TPSA) is 26.0 Å². The highest BCUT2D eigenvalue weighted by molar-refractivity contribution is 6.35. The van der Waals surface area contributed by atoms with E-state index < -0.39 is 0 Å². The lowest BCUT2D eigenvalue weighted by Gasteiger charge is -2.16. The smallest absolute Gasteiger partial charge is 0.0400 e. The van der Waals surface area contributed by atoms with Gasteiger partial charge in [-0.25, -0.2) is 0 Å². The number of anilines is 1. The van der Waals surface area contributed by atoms with Crippen molar-refractivity contribution in [2.75, 3.05) is 5.73 Å². The van der Waals surface area contributed by atoms with E-state index in [1.165, 1.54) is 48.7 Å². The van der Waals surface area contributed by atoms with Gasteiger partial charge in [0.1, 0.15) is 0 Å². The highest BCUT2D eigenvalue weighted by atomic mass is 14.6. The standard InChI is InChI=1S/C21H15N/c1-12-10-14-5-3-7-16-19(14)17(11-12)15-6-2-4-13-8-9-18(22)21(16)20(13)15/h2-11H,22H2,1H3. The summed E-state index contributed by atoms with van der Waals surface area (Å²) < 4.78 is 0. The van der Waals surface area contributed by atoms with Crippen molar-refractivity contribution >= 4 is 48.8 Å². The van der Waals surface area contributed by atoms with E-state index in [-0.39, 0.29) is 0 Å². The SMILES string of the molecule is Cc1cc2cccc3c4c(N)ccc5cccc(c(c1)c23)c54. The molecule has 0 fully saturated rings. The Hall–Kier alpha value is -2.80. The van der Waals surface area contributed by atoms with Gasteiger partial charge in [0.25, 0.3) is 0 Å². The summed E-state index contributed by atoms with van der Waals surface area (Å²) in [5.41, 5.74) is 8.52. The molecule has 0 spiro atoms. The molecule has 104 valence electrons. The fraction of sp³-hybridized carbons (Fsp3) is 0.0476. The van der Waals surface area contributed by atoms with E-state index >= 15 is 0 Å². The van der Waals surface area contributed by atoms with Crippen molar-refractivity contribution in [1.82, 2.24) is 0 Å². The van der Waals surface area contributed by atoms with Gasteiger partial charge >= 0.3 is 0 Å². The lowest BCUT2D eigenvalue weighted by molar-refractivity contribution is 1.53. The van der Waals surface area contributed by atoms with Gasteiger partial charge in [-0.05, 0) is 56.3 Å². The minimum Gasteiger partial charge on any atom is -0.398 e. The van der Waals surface area contributed by atoms with E-state index in [2.05, 4.69) is 61.5 Å². The third kappa shape index (κ3) is 1.33. The van der Waals surface area contributed by atoms with Gasteiger partial charge in [0.05, 0.1) is 0 Å². The van der Waals surface area contributed by atoms with E-state index in [9.17, 15) is 0 Å². The van der Waals surface area contributed by atoms with E-state index in [4.69, 9.17) is 5.73 Å². The van der Waals surface area contributed by atoms with Crippen molar-refractivity contribution in [3.63, 3.8) is 0 Å². The predicted molar refractivity (Wildman–Crippen MR) is 96.8 cm³/mol. The Kier molecular flexibility index (Phi) is 2.09. The van der Waals surface area contributed by atoms with E-state index in [0.717, 1.165) is 5.69 Å². The predicted octanol–water partition coefficient (Wildman–Crippen LogP) is 5.63. The summed E-state index contributed by atoms with van der Waals surface area (Å²) in [5.74, 6) is 0. The minimum absolute atomic E-state index is 0.860. The Morgan fingerprint density at radius 1 is 0.636 bits per heavy atom. The van der Waals surface area contributed by atoms with Crippen molar-refractivity contribution in [3.05, 3.63) is 66.2 Å². The normalized spacial score (nSPS) is 12.0. The molecule has 22 heavy (non-hydrogen) atoms. The van der Waals surface area contributed by atoms with Gasteiger partial charge in [-0.3, -0.25) is 0 Å². The first-order valence-corrected chi connectivity index (χ1v) is 7.59. The van der Waals surface area contributed by atoms with Crippen LogP contribution in [0.25, 0.3) is 43.1 Å². The summed E-state index contributed by atoms with van der Waals surface area (Å²) in [6.07, 6.45) is 0. The second-order valence-electron chi connectivity index (χ2n) is 6.15. The molecule has 5 aromatic rings. The number of nitrogen functional groups attached to an aromatic ring is 1. The van der Waals surface area contributed by atoms with Gasteiger partial charge in [-0.1, -0.05) is 54.6 Å². The molecule has 0 saturated carbocycles. The van der Waals surface area contributed by atoms with Gasteiger partial charge < -0.3 is 5.73 Å². The maximum Gasteiger partial charge on any atom is 0.0400 e. The van der Waals surface area contributed by atoms with E-state index in [1.54, 1.807) is 0 Å². The van der Waals surface area contributed by atoms with Crippen LogP contribution in [0.5, 0.6) is 0 Å². The van der Waals surface area contributed by atoms with E-state index in [1.807, 2.05) is 6.07 Å². The molecular formula is C21H15N. The van der Waals surface area contributed by atoms with Crippen molar-refractivity contribution in [3.8, 4) is 0 Å². The summed E-state index contributed by atoms with van der Waals surface area (Å²) in [4.78, 5) is 0. The van der Waals surface area contributed by atoms with Crippen LogP contribution >= 0.6 is 0 Å². The van der Waals surface area contributed by atoms with Crippen LogP contribution in [-0.2, 0) is 0 Å². The zero-order chi connectivity index (χ0) is 14.8. The first-order valence-electron chi connectivity index (χ1n) is 7.59. The lowest BCUT2D eigenvalue weighted by Crippen LogP contribution is -1.92. The molecule has 1 nitrogen and oxygen atoms in total. The molecule has 0 radical (unpaired) electrons. The Morgan fingerprint density at radius 3 is 2.27 bits per heavy atom. The molecule has 0 atom stereocenters. The molecule has 2 N–H and O–H groups in total. The summed E-state index contributed by atoms with van der Waals surface area (Å²) in [5, 5.41) is 10.2. The summed E-state index contributed by atoms with van der Waals surface area (Å²) in [6.45, 7) is 2.16. The fourth-order valence-electron chi connectivity index (χ4n) is 3.91. The molecule has 0 aliphatic rings. The van der Waals surface area contributed by atoms with Crippen molar-refractivity contribution in [2.24, 2.45) is 0 Å². The van der Waals surface area contributed by atoms with Crippen LogP contribution in [0.3, 0.4) is 0 Å². The molecule has 0 saturated heterocycles. The van der Waals surface area contributed by atoms with Crippen LogP contribution in [0.4, 0.5) is 5.69 Å². The average Bonchev–Trinajstić information content (AvgIpc) is 2.52. The van der Waals surface area contributed by atoms with Crippen molar-refractivity contribution < 1.29 is 0 Å². The van der Waals surface area contributed by atoms with Crippen LogP contribution in [-0.4, -0.2) is 0 Å². The van der Waals surface area contributed by atoms with Gasteiger partial charge in [-0.2, -0.15) is 0 Å². The molecule has 0 amide bonds. The number of aryl methyl sites for hydroxylation is 1. The number of nitrogens with two attached hydrogens (primary N) is 1. The quantitative estimate of drug-likeness (QED) is 0.222. The highest BCUT2D eigenvalue weighted by Crippen LogP contribution is 2.42. The maximum absolute atomic E-state index is 6.36. The Balaban J connectivity index is 2.30. The largest absolute Gasteiger partial charge is 0.398 e. The summed E-state index contributed by atoms with van der Waals surface area (Å²) in [6, 6.07) is 21.8. The van der Waals surface area contributed by atoms with Crippen molar-refractivity contribution in [1.29, 1.82) is 0 Å². The molecule has 0 unspecified atom stereocenters.